The van der Waals surface area contributed by atoms with Crippen molar-refractivity contribution in [2.24, 2.45) is 0 Å². The second-order valence-corrected chi connectivity index (χ2v) is 4.51. The lowest BCUT2D eigenvalue weighted by Crippen LogP contribution is -2.43. The number of rotatable bonds is 8. The summed E-state index contributed by atoms with van der Waals surface area (Å²) in [5.74, 6) is -1.51. The Morgan fingerprint density at radius 1 is 1.16 bits per heavy atom. The molecule has 6 nitrogen and oxygen atoms in total. The summed E-state index contributed by atoms with van der Waals surface area (Å²) in [6, 6.07) is -0.971. The van der Waals surface area contributed by atoms with Crippen molar-refractivity contribution in [3.8, 4) is 0 Å². The number of carbonyl (C=O) groups excluding carboxylic acids is 2. The molecule has 0 bridgehead atoms. The first-order valence-electron chi connectivity index (χ1n) is 6.10. The van der Waals surface area contributed by atoms with Gasteiger partial charge in [-0.05, 0) is 12.8 Å². The Morgan fingerprint density at radius 3 is 2.16 bits per heavy atom. The number of aliphatic carboxylic acids is 1. The van der Waals surface area contributed by atoms with Crippen LogP contribution in [0.15, 0.2) is 12.7 Å². The molecule has 2 amide bonds. The number of carbonyl (C=O) groups is 3. The molecule has 0 aromatic rings. The van der Waals surface area contributed by atoms with Crippen molar-refractivity contribution in [1.82, 2.24) is 9.80 Å². The standard InChI is InChI=1S/C13H22N2O4/c1-5-6-7-12(17)15(4)10(13(18)19)8-9-11(16)14(2)3/h5,10H,1,6-9H2,2-4H3,(H,18,19). The van der Waals surface area contributed by atoms with Gasteiger partial charge in [-0.1, -0.05) is 6.08 Å². The Kier molecular flexibility index (Phi) is 7.48. The molecular weight excluding hydrogens is 248 g/mol. The largest absolute Gasteiger partial charge is 0.480 e. The van der Waals surface area contributed by atoms with Crippen molar-refractivity contribution < 1.29 is 19.5 Å². The zero-order valence-corrected chi connectivity index (χ0v) is 11.8. The molecule has 108 valence electrons. The minimum Gasteiger partial charge on any atom is -0.480 e. The van der Waals surface area contributed by atoms with Crippen LogP contribution in [0.2, 0.25) is 0 Å². The van der Waals surface area contributed by atoms with E-state index in [4.69, 9.17) is 5.11 Å². The summed E-state index contributed by atoms with van der Waals surface area (Å²) in [6.45, 7) is 3.51. The summed E-state index contributed by atoms with van der Waals surface area (Å²) in [5.41, 5.74) is 0. The lowest BCUT2D eigenvalue weighted by molar-refractivity contribution is -0.149. The van der Waals surface area contributed by atoms with Crippen molar-refractivity contribution in [3.63, 3.8) is 0 Å². The zero-order chi connectivity index (χ0) is 15.0. The third-order valence-electron chi connectivity index (χ3n) is 2.84. The number of amides is 2. The molecule has 0 saturated carbocycles. The normalized spacial score (nSPS) is 11.5. The Labute approximate surface area is 113 Å². The van der Waals surface area contributed by atoms with E-state index >= 15 is 0 Å². The van der Waals surface area contributed by atoms with E-state index in [9.17, 15) is 14.4 Å². The fourth-order valence-electron chi connectivity index (χ4n) is 1.54. The zero-order valence-electron chi connectivity index (χ0n) is 11.8. The van der Waals surface area contributed by atoms with Crippen LogP contribution in [0.4, 0.5) is 0 Å². The Morgan fingerprint density at radius 2 is 1.74 bits per heavy atom. The molecule has 19 heavy (non-hydrogen) atoms. The average Bonchev–Trinajstić information content (AvgIpc) is 2.34. The summed E-state index contributed by atoms with van der Waals surface area (Å²) >= 11 is 0. The number of allylic oxidation sites excluding steroid dienone is 1. The highest BCUT2D eigenvalue weighted by Gasteiger charge is 2.26. The highest BCUT2D eigenvalue weighted by atomic mass is 16.4. The Balaban J connectivity index is 4.55. The van der Waals surface area contributed by atoms with E-state index in [1.807, 2.05) is 0 Å². The number of likely N-dealkylation sites (N-methyl/N-ethyl adjacent to an activating group) is 1. The highest BCUT2D eigenvalue weighted by Crippen LogP contribution is 2.09. The molecule has 0 radical (unpaired) electrons. The van der Waals surface area contributed by atoms with E-state index in [1.165, 1.54) is 16.8 Å². The van der Waals surface area contributed by atoms with Gasteiger partial charge >= 0.3 is 5.97 Å². The lowest BCUT2D eigenvalue weighted by Gasteiger charge is -2.25. The van der Waals surface area contributed by atoms with Crippen molar-refractivity contribution >= 4 is 17.8 Å². The molecule has 0 aliphatic rings. The van der Waals surface area contributed by atoms with E-state index in [0.717, 1.165) is 0 Å². The SMILES string of the molecule is C=CCCC(=O)N(C)C(CCC(=O)N(C)C)C(=O)O. The molecule has 0 heterocycles. The molecule has 0 aliphatic carbocycles. The fraction of sp³-hybridized carbons (Fsp3) is 0.615. The van der Waals surface area contributed by atoms with Crippen molar-refractivity contribution in [3.05, 3.63) is 12.7 Å². The van der Waals surface area contributed by atoms with Crippen molar-refractivity contribution in [2.45, 2.75) is 31.7 Å². The molecule has 0 aliphatic heterocycles. The lowest BCUT2D eigenvalue weighted by atomic mass is 10.1. The van der Waals surface area contributed by atoms with Crippen LogP contribution in [0.1, 0.15) is 25.7 Å². The Hall–Kier alpha value is -1.85. The average molecular weight is 270 g/mol. The smallest absolute Gasteiger partial charge is 0.326 e. The molecule has 0 aromatic carbocycles. The first-order chi connectivity index (χ1) is 8.81. The minimum atomic E-state index is -1.10. The maximum Gasteiger partial charge on any atom is 0.326 e. The van der Waals surface area contributed by atoms with Gasteiger partial charge in [0, 0.05) is 34.0 Å². The highest BCUT2D eigenvalue weighted by molar-refractivity contribution is 5.84. The number of carboxylic acids is 1. The molecule has 6 heteroatoms. The van der Waals surface area contributed by atoms with Crippen LogP contribution >= 0.6 is 0 Å². The third-order valence-corrected chi connectivity index (χ3v) is 2.84. The third kappa shape index (κ3) is 6.03. The molecule has 0 aromatic heterocycles. The molecule has 1 atom stereocenters. The summed E-state index contributed by atoms with van der Waals surface area (Å²) < 4.78 is 0. The van der Waals surface area contributed by atoms with Gasteiger partial charge in [-0.25, -0.2) is 4.79 Å². The number of hydrogen-bond acceptors (Lipinski definition) is 3. The number of hydrogen-bond donors (Lipinski definition) is 1. The van der Waals surface area contributed by atoms with Crippen LogP contribution in [0.3, 0.4) is 0 Å². The van der Waals surface area contributed by atoms with Crippen LogP contribution in [0.5, 0.6) is 0 Å². The van der Waals surface area contributed by atoms with E-state index in [1.54, 1.807) is 20.2 Å². The van der Waals surface area contributed by atoms with E-state index in [2.05, 4.69) is 6.58 Å². The molecule has 0 fully saturated rings. The van der Waals surface area contributed by atoms with E-state index in [0.29, 0.717) is 6.42 Å². The van der Waals surface area contributed by atoms with Gasteiger partial charge < -0.3 is 14.9 Å². The Bertz CT molecular complexity index is 353. The summed E-state index contributed by atoms with van der Waals surface area (Å²) in [7, 11) is 4.67. The van der Waals surface area contributed by atoms with Gasteiger partial charge in [0.15, 0.2) is 0 Å². The molecular formula is C13H22N2O4. The fourth-order valence-corrected chi connectivity index (χ4v) is 1.54. The quantitative estimate of drug-likeness (QED) is 0.660. The van der Waals surface area contributed by atoms with Gasteiger partial charge in [0.05, 0.1) is 0 Å². The van der Waals surface area contributed by atoms with Crippen LogP contribution < -0.4 is 0 Å². The van der Waals surface area contributed by atoms with Crippen LogP contribution in [0.25, 0.3) is 0 Å². The second-order valence-electron chi connectivity index (χ2n) is 4.51. The van der Waals surface area contributed by atoms with Gasteiger partial charge in [-0.3, -0.25) is 9.59 Å². The van der Waals surface area contributed by atoms with E-state index < -0.39 is 12.0 Å². The maximum atomic E-state index is 11.7. The van der Waals surface area contributed by atoms with Crippen LogP contribution in [-0.2, 0) is 14.4 Å². The first kappa shape index (κ1) is 17.2. The maximum absolute atomic E-state index is 11.7. The first-order valence-corrected chi connectivity index (χ1v) is 6.10. The molecule has 0 rings (SSSR count). The van der Waals surface area contributed by atoms with E-state index in [-0.39, 0.29) is 31.1 Å². The van der Waals surface area contributed by atoms with Gasteiger partial charge in [0.1, 0.15) is 6.04 Å². The van der Waals surface area contributed by atoms with Crippen molar-refractivity contribution in [1.29, 1.82) is 0 Å². The topological polar surface area (TPSA) is 77.9 Å². The predicted molar refractivity (Wildman–Crippen MR) is 71.6 cm³/mol. The monoisotopic (exact) mass is 270 g/mol. The molecule has 0 spiro atoms. The minimum absolute atomic E-state index is 0.100. The van der Waals surface area contributed by atoms with Gasteiger partial charge in [0.25, 0.3) is 0 Å². The van der Waals surface area contributed by atoms with Gasteiger partial charge in [-0.15, -0.1) is 6.58 Å². The molecule has 0 saturated heterocycles. The summed E-state index contributed by atoms with van der Waals surface area (Å²) in [5, 5.41) is 9.13. The second kappa shape index (κ2) is 8.29. The predicted octanol–water partition coefficient (Wildman–Crippen LogP) is 0.733. The van der Waals surface area contributed by atoms with Gasteiger partial charge in [0.2, 0.25) is 11.8 Å². The molecule has 1 N–H and O–H groups in total. The number of carboxylic acid groups (broad SMARTS) is 1. The van der Waals surface area contributed by atoms with Gasteiger partial charge in [-0.2, -0.15) is 0 Å². The summed E-state index contributed by atoms with van der Waals surface area (Å²) in [4.78, 5) is 36.9. The van der Waals surface area contributed by atoms with Crippen LogP contribution in [0, 0.1) is 0 Å². The summed E-state index contributed by atoms with van der Waals surface area (Å²) in [6.07, 6.45) is 2.56. The number of nitrogens with zero attached hydrogens (tertiary/aromatic N) is 2. The van der Waals surface area contributed by atoms with Crippen molar-refractivity contribution in [2.75, 3.05) is 21.1 Å². The molecule has 1 unspecified atom stereocenters. The van der Waals surface area contributed by atoms with Crippen LogP contribution in [-0.4, -0.2) is 59.9 Å².